The number of benzene rings is 1. The summed E-state index contributed by atoms with van der Waals surface area (Å²) in [7, 11) is 0. The van der Waals surface area contributed by atoms with Crippen LogP contribution in [-0.4, -0.2) is 72.2 Å². The maximum absolute atomic E-state index is 12.5. The summed E-state index contributed by atoms with van der Waals surface area (Å²) < 4.78 is 0. The molecular formula is C15H21Cl2N3O2. The van der Waals surface area contributed by atoms with E-state index < -0.39 is 6.10 Å². The van der Waals surface area contributed by atoms with Crippen LogP contribution in [0.2, 0.25) is 5.02 Å². The third-order valence-electron chi connectivity index (χ3n) is 4.26. The van der Waals surface area contributed by atoms with Crippen molar-refractivity contribution in [1.29, 1.82) is 0 Å². The predicted octanol–water partition coefficient (Wildman–Crippen LogP) is 0.852. The van der Waals surface area contributed by atoms with Crippen LogP contribution in [0.5, 0.6) is 0 Å². The molecule has 2 aliphatic rings. The standard InChI is InChI=1S/C15H20ClN3O2.ClH/c16-12-3-1-11(2-4-12)15(21)19-9-13(14(20)10-19)18-7-5-17-6-8-18;/h1-4,13-14,17,20H,5-10H2;1H. The molecule has 2 N–H and O–H groups in total. The second-order valence-electron chi connectivity index (χ2n) is 5.64. The van der Waals surface area contributed by atoms with Crippen molar-refractivity contribution >= 4 is 29.9 Å². The monoisotopic (exact) mass is 345 g/mol. The van der Waals surface area contributed by atoms with Crippen molar-refractivity contribution < 1.29 is 9.90 Å². The van der Waals surface area contributed by atoms with Crippen LogP contribution in [0, 0.1) is 0 Å². The average molecular weight is 346 g/mol. The van der Waals surface area contributed by atoms with Crippen LogP contribution in [0.4, 0.5) is 0 Å². The van der Waals surface area contributed by atoms with E-state index in [0.29, 0.717) is 23.7 Å². The highest BCUT2D eigenvalue weighted by molar-refractivity contribution is 6.30. The summed E-state index contributed by atoms with van der Waals surface area (Å²) in [4.78, 5) is 16.5. The molecule has 22 heavy (non-hydrogen) atoms. The number of carbonyl (C=O) groups excluding carboxylic acids is 1. The van der Waals surface area contributed by atoms with Crippen molar-refractivity contribution in [2.75, 3.05) is 39.3 Å². The van der Waals surface area contributed by atoms with E-state index in [1.54, 1.807) is 29.2 Å². The van der Waals surface area contributed by atoms with Crippen LogP contribution in [-0.2, 0) is 0 Å². The quantitative estimate of drug-likeness (QED) is 0.834. The minimum Gasteiger partial charge on any atom is -0.390 e. The number of piperazine rings is 1. The number of aliphatic hydroxyl groups excluding tert-OH is 1. The molecule has 2 fully saturated rings. The van der Waals surface area contributed by atoms with E-state index in [4.69, 9.17) is 11.6 Å². The highest BCUT2D eigenvalue weighted by Crippen LogP contribution is 2.20. The number of nitrogens with one attached hydrogen (secondary N) is 1. The smallest absolute Gasteiger partial charge is 0.253 e. The molecule has 0 radical (unpaired) electrons. The minimum atomic E-state index is -0.473. The molecule has 122 valence electrons. The molecule has 3 rings (SSSR count). The van der Waals surface area contributed by atoms with Crippen LogP contribution in [0.3, 0.4) is 0 Å². The van der Waals surface area contributed by atoms with Crippen molar-refractivity contribution in [3.63, 3.8) is 0 Å². The minimum absolute atomic E-state index is 0. The summed E-state index contributed by atoms with van der Waals surface area (Å²) in [5, 5.41) is 14.2. The lowest BCUT2D eigenvalue weighted by molar-refractivity contribution is 0.0738. The number of hydrogen-bond donors (Lipinski definition) is 2. The molecule has 1 aromatic carbocycles. The fraction of sp³-hybridized carbons (Fsp3) is 0.533. The van der Waals surface area contributed by atoms with Crippen molar-refractivity contribution in [1.82, 2.24) is 15.1 Å². The van der Waals surface area contributed by atoms with Crippen LogP contribution in [0.15, 0.2) is 24.3 Å². The molecule has 2 unspecified atom stereocenters. The fourth-order valence-corrected chi connectivity index (χ4v) is 3.21. The van der Waals surface area contributed by atoms with Gasteiger partial charge in [-0.15, -0.1) is 12.4 Å². The van der Waals surface area contributed by atoms with Crippen LogP contribution in [0.1, 0.15) is 10.4 Å². The van der Waals surface area contributed by atoms with Gasteiger partial charge in [0.25, 0.3) is 5.91 Å². The summed E-state index contributed by atoms with van der Waals surface area (Å²) in [6.07, 6.45) is -0.473. The molecule has 2 atom stereocenters. The normalized spacial score (nSPS) is 25.8. The molecular weight excluding hydrogens is 325 g/mol. The summed E-state index contributed by atoms with van der Waals surface area (Å²) >= 11 is 5.85. The third kappa shape index (κ3) is 3.73. The van der Waals surface area contributed by atoms with E-state index in [1.165, 1.54) is 0 Å². The highest BCUT2D eigenvalue weighted by Gasteiger charge is 2.38. The van der Waals surface area contributed by atoms with Crippen LogP contribution in [0.25, 0.3) is 0 Å². The first-order valence-electron chi connectivity index (χ1n) is 7.33. The van der Waals surface area contributed by atoms with Gasteiger partial charge in [0.15, 0.2) is 0 Å². The molecule has 0 aliphatic carbocycles. The van der Waals surface area contributed by atoms with Crippen LogP contribution >= 0.6 is 24.0 Å². The van der Waals surface area contributed by atoms with Crippen molar-refractivity contribution in [3.8, 4) is 0 Å². The second-order valence-corrected chi connectivity index (χ2v) is 6.07. The number of hydrogen-bond acceptors (Lipinski definition) is 4. The number of nitrogens with zero attached hydrogens (tertiary/aromatic N) is 2. The van der Waals surface area contributed by atoms with Crippen molar-refractivity contribution in [2.45, 2.75) is 12.1 Å². The number of halogens is 2. The Balaban J connectivity index is 0.00000176. The number of β-amino-alcohol motifs (C(OH)–C–C–N with tert-alkyl or cyclic N) is 1. The van der Waals surface area contributed by atoms with Gasteiger partial charge >= 0.3 is 0 Å². The molecule has 0 spiro atoms. The topological polar surface area (TPSA) is 55.8 Å². The van der Waals surface area contributed by atoms with E-state index in [2.05, 4.69) is 10.2 Å². The summed E-state index contributed by atoms with van der Waals surface area (Å²) in [6, 6.07) is 6.94. The average Bonchev–Trinajstić information content (AvgIpc) is 2.90. The molecule has 1 amide bonds. The van der Waals surface area contributed by atoms with Gasteiger partial charge in [-0.2, -0.15) is 0 Å². The van der Waals surface area contributed by atoms with E-state index in [-0.39, 0.29) is 24.4 Å². The molecule has 2 aliphatic heterocycles. The highest BCUT2D eigenvalue weighted by atomic mass is 35.5. The fourth-order valence-electron chi connectivity index (χ4n) is 3.08. The van der Waals surface area contributed by atoms with Gasteiger partial charge in [0.2, 0.25) is 0 Å². The summed E-state index contributed by atoms with van der Waals surface area (Å²) in [5.41, 5.74) is 0.618. The molecule has 2 heterocycles. The number of carbonyl (C=O) groups is 1. The largest absolute Gasteiger partial charge is 0.390 e. The molecule has 0 bridgehead atoms. The molecule has 0 saturated carbocycles. The molecule has 1 aromatic rings. The van der Waals surface area contributed by atoms with Gasteiger partial charge in [-0.05, 0) is 24.3 Å². The molecule has 7 heteroatoms. The van der Waals surface area contributed by atoms with Crippen molar-refractivity contribution in [2.24, 2.45) is 0 Å². The number of aliphatic hydroxyl groups is 1. The number of likely N-dealkylation sites (tertiary alicyclic amines) is 1. The first kappa shape index (κ1) is 17.5. The Morgan fingerprint density at radius 1 is 1.18 bits per heavy atom. The van der Waals surface area contributed by atoms with Gasteiger partial charge in [-0.25, -0.2) is 0 Å². The lowest BCUT2D eigenvalue weighted by Gasteiger charge is -2.33. The Morgan fingerprint density at radius 2 is 1.82 bits per heavy atom. The maximum atomic E-state index is 12.5. The molecule has 2 saturated heterocycles. The zero-order valence-electron chi connectivity index (χ0n) is 12.2. The number of rotatable bonds is 2. The van der Waals surface area contributed by atoms with Crippen molar-refractivity contribution in [3.05, 3.63) is 34.9 Å². The Labute approximate surface area is 141 Å². The third-order valence-corrected chi connectivity index (χ3v) is 4.51. The zero-order valence-corrected chi connectivity index (χ0v) is 13.8. The van der Waals surface area contributed by atoms with E-state index >= 15 is 0 Å². The predicted molar refractivity (Wildman–Crippen MR) is 88.8 cm³/mol. The first-order chi connectivity index (χ1) is 10.1. The van der Waals surface area contributed by atoms with Gasteiger partial charge in [-0.1, -0.05) is 11.6 Å². The Morgan fingerprint density at radius 3 is 2.45 bits per heavy atom. The first-order valence-corrected chi connectivity index (χ1v) is 7.70. The second kappa shape index (κ2) is 7.62. The Bertz CT molecular complexity index is 506. The van der Waals surface area contributed by atoms with Crippen LogP contribution < -0.4 is 5.32 Å². The van der Waals surface area contributed by atoms with Gasteiger partial charge in [-0.3, -0.25) is 9.69 Å². The summed E-state index contributed by atoms with van der Waals surface area (Å²) in [6.45, 7) is 4.71. The van der Waals surface area contributed by atoms with Gasteiger partial charge in [0, 0.05) is 49.9 Å². The van der Waals surface area contributed by atoms with Gasteiger partial charge in [0.05, 0.1) is 12.1 Å². The number of amides is 1. The Hall–Kier alpha value is -0.850. The lowest BCUT2D eigenvalue weighted by atomic mass is 10.1. The van der Waals surface area contributed by atoms with E-state index in [9.17, 15) is 9.90 Å². The van der Waals surface area contributed by atoms with E-state index in [1.807, 2.05) is 0 Å². The van der Waals surface area contributed by atoms with Gasteiger partial charge in [0.1, 0.15) is 0 Å². The SMILES string of the molecule is Cl.O=C(c1ccc(Cl)cc1)N1CC(O)C(N2CCNCC2)C1. The molecule has 5 nitrogen and oxygen atoms in total. The lowest BCUT2D eigenvalue weighted by Crippen LogP contribution is -2.52. The van der Waals surface area contributed by atoms with Gasteiger partial charge < -0.3 is 15.3 Å². The molecule has 0 aromatic heterocycles. The summed E-state index contributed by atoms with van der Waals surface area (Å²) in [5.74, 6) is -0.0386. The maximum Gasteiger partial charge on any atom is 0.253 e. The zero-order chi connectivity index (χ0) is 14.8. The van der Waals surface area contributed by atoms with E-state index in [0.717, 1.165) is 26.2 Å². The Kier molecular flexibility index (Phi) is 6.06.